The molecule has 3 rings (SSSR count). The number of rotatable bonds is 1. The third-order valence-corrected chi connectivity index (χ3v) is 4.32. The molecule has 86 valence electrons. The summed E-state index contributed by atoms with van der Waals surface area (Å²) in [5.74, 6) is 0.928. The standard InChI is InChI=1S/C14H14N2S/c1-14(9-17-13(15)16-14)12-7-6-10-4-2-3-5-11(10)8-12/h2-8H,9H2,1H3,(H2,15,16). The van der Waals surface area contributed by atoms with Crippen LogP contribution in [0, 0.1) is 0 Å². The van der Waals surface area contributed by atoms with E-state index in [-0.39, 0.29) is 5.54 Å². The molecule has 1 atom stereocenters. The first kappa shape index (κ1) is 10.7. The molecule has 17 heavy (non-hydrogen) atoms. The molecule has 0 aromatic heterocycles. The normalized spacial score (nSPS) is 23.9. The van der Waals surface area contributed by atoms with E-state index in [1.807, 2.05) is 0 Å². The largest absolute Gasteiger partial charge is 0.379 e. The van der Waals surface area contributed by atoms with Gasteiger partial charge in [0.05, 0.1) is 5.54 Å². The highest BCUT2D eigenvalue weighted by Crippen LogP contribution is 2.36. The quantitative estimate of drug-likeness (QED) is 0.834. The fourth-order valence-electron chi connectivity index (χ4n) is 2.19. The van der Waals surface area contributed by atoms with Gasteiger partial charge < -0.3 is 5.73 Å². The molecule has 1 aliphatic rings. The minimum absolute atomic E-state index is 0.168. The predicted octanol–water partition coefficient (Wildman–Crippen LogP) is 3.12. The van der Waals surface area contributed by atoms with Crippen LogP contribution in [0.5, 0.6) is 0 Å². The van der Waals surface area contributed by atoms with Gasteiger partial charge in [0.15, 0.2) is 5.17 Å². The van der Waals surface area contributed by atoms with Crippen LogP contribution in [0.2, 0.25) is 0 Å². The molecule has 0 spiro atoms. The van der Waals surface area contributed by atoms with E-state index in [4.69, 9.17) is 5.73 Å². The SMILES string of the molecule is CC1(c2ccc3ccccc3c2)CSC(N)=N1. The van der Waals surface area contributed by atoms with Crippen molar-refractivity contribution < 1.29 is 0 Å². The van der Waals surface area contributed by atoms with Crippen molar-refractivity contribution in [2.45, 2.75) is 12.5 Å². The summed E-state index contributed by atoms with van der Waals surface area (Å²) in [5, 5.41) is 3.22. The van der Waals surface area contributed by atoms with Crippen LogP contribution < -0.4 is 5.73 Å². The van der Waals surface area contributed by atoms with Crippen molar-refractivity contribution in [3.05, 3.63) is 48.0 Å². The van der Waals surface area contributed by atoms with E-state index in [0.29, 0.717) is 5.17 Å². The number of amidine groups is 1. The maximum atomic E-state index is 5.77. The molecule has 0 saturated carbocycles. The van der Waals surface area contributed by atoms with Crippen LogP contribution >= 0.6 is 11.8 Å². The van der Waals surface area contributed by atoms with Gasteiger partial charge >= 0.3 is 0 Å². The van der Waals surface area contributed by atoms with E-state index in [1.54, 1.807) is 11.8 Å². The highest BCUT2D eigenvalue weighted by molar-refractivity contribution is 8.14. The zero-order valence-electron chi connectivity index (χ0n) is 9.68. The lowest BCUT2D eigenvalue weighted by molar-refractivity contribution is 0.580. The van der Waals surface area contributed by atoms with Gasteiger partial charge in [0, 0.05) is 5.75 Å². The van der Waals surface area contributed by atoms with Crippen molar-refractivity contribution >= 4 is 27.7 Å². The van der Waals surface area contributed by atoms with Crippen molar-refractivity contribution in [1.29, 1.82) is 0 Å². The second-order valence-corrected chi connectivity index (χ2v) is 5.57. The number of fused-ring (bicyclic) bond motifs is 1. The summed E-state index contributed by atoms with van der Waals surface area (Å²) in [7, 11) is 0. The minimum atomic E-state index is -0.168. The van der Waals surface area contributed by atoms with Crippen LogP contribution in [-0.2, 0) is 5.54 Å². The average molecular weight is 242 g/mol. The summed E-state index contributed by atoms with van der Waals surface area (Å²) in [5.41, 5.74) is 6.85. The maximum Gasteiger partial charge on any atom is 0.154 e. The molecule has 3 heteroatoms. The molecule has 2 aromatic carbocycles. The Labute approximate surface area is 105 Å². The Bertz CT molecular complexity index is 606. The second kappa shape index (κ2) is 3.77. The third kappa shape index (κ3) is 1.80. The van der Waals surface area contributed by atoms with E-state index in [2.05, 4.69) is 54.4 Å². The molecule has 1 aliphatic heterocycles. The molecule has 0 amide bonds. The Hall–Kier alpha value is -1.48. The lowest BCUT2D eigenvalue weighted by atomic mass is 9.93. The second-order valence-electron chi connectivity index (χ2n) is 4.57. The van der Waals surface area contributed by atoms with Gasteiger partial charge in [0.25, 0.3) is 0 Å². The summed E-state index contributed by atoms with van der Waals surface area (Å²) in [4.78, 5) is 4.55. The van der Waals surface area contributed by atoms with Crippen molar-refractivity contribution in [3.63, 3.8) is 0 Å². The first-order valence-electron chi connectivity index (χ1n) is 5.65. The van der Waals surface area contributed by atoms with Crippen molar-refractivity contribution in [2.75, 3.05) is 5.75 Å². The summed E-state index contributed by atoms with van der Waals surface area (Å²) in [6.45, 7) is 2.14. The molecule has 2 N–H and O–H groups in total. The number of aliphatic imine (C=N–C) groups is 1. The zero-order valence-corrected chi connectivity index (χ0v) is 10.5. The number of nitrogens with two attached hydrogens (primary N) is 1. The number of benzene rings is 2. The minimum Gasteiger partial charge on any atom is -0.379 e. The van der Waals surface area contributed by atoms with E-state index < -0.39 is 0 Å². The lowest BCUT2D eigenvalue weighted by Crippen LogP contribution is -2.19. The smallest absolute Gasteiger partial charge is 0.154 e. The maximum absolute atomic E-state index is 5.77. The van der Waals surface area contributed by atoms with Gasteiger partial charge in [-0.15, -0.1) is 0 Å². The van der Waals surface area contributed by atoms with Crippen LogP contribution in [0.4, 0.5) is 0 Å². The van der Waals surface area contributed by atoms with Gasteiger partial charge in [-0.05, 0) is 29.3 Å². The third-order valence-electron chi connectivity index (χ3n) is 3.23. The summed E-state index contributed by atoms with van der Waals surface area (Å²) in [6, 6.07) is 14.9. The molecular formula is C14H14N2S. The fourth-order valence-corrected chi connectivity index (χ4v) is 3.12. The Morgan fingerprint density at radius 1 is 1.18 bits per heavy atom. The molecule has 1 unspecified atom stereocenters. The molecule has 1 heterocycles. The zero-order chi connectivity index (χ0) is 11.9. The molecule has 0 saturated heterocycles. The van der Waals surface area contributed by atoms with Crippen LogP contribution in [-0.4, -0.2) is 10.9 Å². The van der Waals surface area contributed by atoms with Crippen LogP contribution in [0.15, 0.2) is 47.5 Å². The van der Waals surface area contributed by atoms with E-state index in [9.17, 15) is 0 Å². The van der Waals surface area contributed by atoms with Crippen LogP contribution in [0.1, 0.15) is 12.5 Å². The van der Waals surface area contributed by atoms with Crippen molar-refractivity contribution in [2.24, 2.45) is 10.7 Å². The Balaban J connectivity index is 2.12. The molecule has 2 aromatic rings. The Kier molecular flexibility index (Phi) is 2.37. The highest BCUT2D eigenvalue weighted by atomic mass is 32.2. The average Bonchev–Trinajstić information content (AvgIpc) is 2.70. The number of hydrogen-bond acceptors (Lipinski definition) is 3. The number of thioether (sulfide) groups is 1. The van der Waals surface area contributed by atoms with Gasteiger partial charge in [-0.25, -0.2) is 0 Å². The molecule has 2 nitrogen and oxygen atoms in total. The number of hydrogen-bond donors (Lipinski definition) is 1. The highest BCUT2D eigenvalue weighted by Gasteiger charge is 2.31. The topological polar surface area (TPSA) is 38.4 Å². The van der Waals surface area contributed by atoms with Crippen molar-refractivity contribution in [3.8, 4) is 0 Å². The molecule has 0 radical (unpaired) electrons. The monoisotopic (exact) mass is 242 g/mol. The predicted molar refractivity (Wildman–Crippen MR) is 75.4 cm³/mol. The first-order valence-corrected chi connectivity index (χ1v) is 6.63. The first-order chi connectivity index (χ1) is 8.17. The van der Waals surface area contributed by atoms with Crippen molar-refractivity contribution in [1.82, 2.24) is 0 Å². The molecule has 0 aliphatic carbocycles. The van der Waals surface area contributed by atoms with Gasteiger partial charge in [0.1, 0.15) is 0 Å². The Morgan fingerprint density at radius 3 is 2.65 bits per heavy atom. The number of nitrogens with zero attached hydrogens (tertiary/aromatic N) is 1. The summed E-state index contributed by atoms with van der Waals surface area (Å²) < 4.78 is 0. The van der Waals surface area contributed by atoms with E-state index in [0.717, 1.165) is 5.75 Å². The fraction of sp³-hybridized carbons (Fsp3) is 0.214. The van der Waals surface area contributed by atoms with Gasteiger partial charge in [-0.2, -0.15) is 0 Å². The van der Waals surface area contributed by atoms with Crippen LogP contribution in [0.3, 0.4) is 0 Å². The molecular weight excluding hydrogens is 228 g/mol. The Morgan fingerprint density at radius 2 is 1.94 bits per heavy atom. The van der Waals surface area contributed by atoms with Gasteiger partial charge in [-0.3, -0.25) is 4.99 Å². The van der Waals surface area contributed by atoms with E-state index in [1.165, 1.54) is 16.3 Å². The summed E-state index contributed by atoms with van der Waals surface area (Å²) in [6.07, 6.45) is 0. The molecule has 0 bridgehead atoms. The van der Waals surface area contributed by atoms with Gasteiger partial charge in [0.2, 0.25) is 0 Å². The lowest BCUT2D eigenvalue weighted by Gasteiger charge is -2.20. The van der Waals surface area contributed by atoms with Crippen LogP contribution in [0.25, 0.3) is 10.8 Å². The van der Waals surface area contributed by atoms with E-state index >= 15 is 0 Å². The molecule has 0 fully saturated rings. The van der Waals surface area contributed by atoms with Gasteiger partial charge in [-0.1, -0.05) is 48.2 Å². The summed E-state index contributed by atoms with van der Waals surface area (Å²) >= 11 is 1.63.